The topological polar surface area (TPSA) is 131 Å². The summed E-state index contributed by atoms with van der Waals surface area (Å²) in [5, 5.41) is 14.8. The highest BCUT2D eigenvalue weighted by molar-refractivity contribution is 7.89. The van der Waals surface area contributed by atoms with Crippen LogP contribution in [0.5, 0.6) is 5.75 Å². The van der Waals surface area contributed by atoms with Gasteiger partial charge in [0.2, 0.25) is 15.9 Å². The van der Waals surface area contributed by atoms with Gasteiger partial charge < -0.3 is 19.7 Å². The minimum absolute atomic E-state index is 0.0189. The van der Waals surface area contributed by atoms with Crippen molar-refractivity contribution in [1.29, 1.82) is 0 Å². The molecular weight excluding hydrogens is 500 g/mol. The number of anilines is 1. The monoisotopic (exact) mass is 532 g/mol. The lowest BCUT2D eigenvalue weighted by Crippen LogP contribution is -2.41. The Morgan fingerprint density at radius 1 is 1.11 bits per heavy atom. The standard InChI is InChI=1S/C25H32N4O7S/c1-35-21-4-2-19(3-5-21)8-11-26-25(30)20-9-12-27(13-10-20)23-7-6-22(18-24(23)29(31)32)37(33,34)28-14-16-36-17-15-28/h2-7,18,20H,8-17H2,1H3,(H,26,30). The van der Waals surface area contributed by atoms with E-state index in [9.17, 15) is 23.3 Å². The van der Waals surface area contributed by atoms with Crippen LogP contribution in [0.3, 0.4) is 0 Å². The van der Waals surface area contributed by atoms with Crippen LogP contribution in [0.25, 0.3) is 0 Å². The molecule has 0 radical (unpaired) electrons. The number of ether oxygens (including phenoxy) is 2. The maximum Gasteiger partial charge on any atom is 0.293 e. The average Bonchev–Trinajstić information content (AvgIpc) is 2.93. The molecule has 2 aliphatic rings. The second kappa shape index (κ2) is 11.9. The fourth-order valence-electron chi connectivity index (χ4n) is 4.66. The molecule has 12 heteroatoms. The Kier molecular flexibility index (Phi) is 8.62. The number of nitro benzene ring substituents is 1. The van der Waals surface area contributed by atoms with Gasteiger partial charge in [-0.15, -0.1) is 0 Å². The van der Waals surface area contributed by atoms with Crippen molar-refractivity contribution in [2.45, 2.75) is 24.2 Å². The van der Waals surface area contributed by atoms with Gasteiger partial charge >= 0.3 is 0 Å². The summed E-state index contributed by atoms with van der Waals surface area (Å²) in [4.78, 5) is 25.7. The predicted molar refractivity (Wildman–Crippen MR) is 137 cm³/mol. The van der Waals surface area contributed by atoms with Gasteiger partial charge in [-0.05, 0) is 49.1 Å². The van der Waals surface area contributed by atoms with E-state index in [1.54, 1.807) is 7.11 Å². The number of carbonyl (C=O) groups excluding carboxylic acids is 1. The first-order valence-corrected chi connectivity index (χ1v) is 13.8. The maximum atomic E-state index is 13.0. The zero-order valence-electron chi connectivity index (χ0n) is 20.8. The second-order valence-electron chi connectivity index (χ2n) is 9.07. The first-order chi connectivity index (χ1) is 17.8. The number of nitro groups is 1. The number of nitrogens with one attached hydrogen (secondary N) is 1. The van der Waals surface area contributed by atoms with E-state index in [1.807, 2.05) is 29.2 Å². The number of rotatable bonds is 9. The molecule has 2 aromatic rings. The van der Waals surface area contributed by atoms with Gasteiger partial charge in [-0.3, -0.25) is 14.9 Å². The number of amides is 1. The summed E-state index contributed by atoms with van der Waals surface area (Å²) in [6.45, 7) is 2.48. The number of morpholine rings is 1. The van der Waals surface area contributed by atoms with E-state index in [0.29, 0.717) is 57.8 Å². The third-order valence-corrected chi connectivity index (χ3v) is 8.72. The van der Waals surface area contributed by atoms with Crippen molar-refractivity contribution < 1.29 is 27.6 Å². The summed E-state index contributed by atoms with van der Waals surface area (Å²) in [6.07, 6.45) is 1.82. The molecule has 0 aromatic heterocycles. The Bertz CT molecular complexity index is 1210. The number of benzene rings is 2. The highest BCUT2D eigenvalue weighted by Gasteiger charge is 2.32. The fourth-order valence-corrected chi connectivity index (χ4v) is 6.09. The maximum absolute atomic E-state index is 13.0. The summed E-state index contributed by atoms with van der Waals surface area (Å²) in [5.74, 6) is 0.593. The molecule has 0 spiro atoms. The molecule has 11 nitrogen and oxygen atoms in total. The van der Waals surface area contributed by atoms with Gasteiger partial charge in [0.05, 0.1) is 30.1 Å². The predicted octanol–water partition coefficient (Wildman–Crippen LogP) is 2.20. The van der Waals surface area contributed by atoms with E-state index in [1.165, 1.54) is 16.4 Å². The second-order valence-corrected chi connectivity index (χ2v) is 11.0. The van der Waals surface area contributed by atoms with E-state index >= 15 is 0 Å². The van der Waals surface area contributed by atoms with Crippen LogP contribution in [0.4, 0.5) is 11.4 Å². The minimum Gasteiger partial charge on any atom is -0.497 e. The molecule has 1 N–H and O–H groups in total. The molecule has 1 amide bonds. The van der Waals surface area contributed by atoms with Crippen LogP contribution in [0, 0.1) is 16.0 Å². The number of sulfonamides is 1. The van der Waals surface area contributed by atoms with Crippen LogP contribution in [0.2, 0.25) is 0 Å². The quantitative estimate of drug-likeness (QED) is 0.384. The Morgan fingerprint density at radius 2 is 1.78 bits per heavy atom. The van der Waals surface area contributed by atoms with Crippen LogP contribution in [0.15, 0.2) is 47.4 Å². The lowest BCUT2D eigenvalue weighted by molar-refractivity contribution is -0.384. The first-order valence-electron chi connectivity index (χ1n) is 12.3. The molecule has 4 rings (SSSR count). The van der Waals surface area contributed by atoms with Gasteiger partial charge in [-0.25, -0.2) is 8.42 Å². The van der Waals surface area contributed by atoms with Gasteiger partial charge in [0, 0.05) is 44.7 Å². The van der Waals surface area contributed by atoms with Crippen molar-refractivity contribution in [2.75, 3.05) is 57.9 Å². The number of hydrogen-bond donors (Lipinski definition) is 1. The molecule has 0 aliphatic carbocycles. The molecule has 0 bridgehead atoms. The van der Waals surface area contributed by atoms with Gasteiger partial charge in [0.25, 0.3) is 5.69 Å². The van der Waals surface area contributed by atoms with Crippen LogP contribution >= 0.6 is 0 Å². The molecular formula is C25H32N4O7S. The molecule has 2 fully saturated rings. The zero-order chi connectivity index (χ0) is 26.4. The fraction of sp³-hybridized carbons (Fsp3) is 0.480. The van der Waals surface area contributed by atoms with Crippen molar-refractivity contribution >= 4 is 27.3 Å². The molecule has 37 heavy (non-hydrogen) atoms. The van der Waals surface area contributed by atoms with Gasteiger partial charge in [-0.1, -0.05) is 12.1 Å². The number of nitrogens with zero attached hydrogens (tertiary/aromatic N) is 3. The van der Waals surface area contributed by atoms with Crippen LogP contribution in [-0.4, -0.2) is 76.6 Å². The minimum atomic E-state index is -3.85. The van der Waals surface area contributed by atoms with E-state index < -0.39 is 14.9 Å². The molecule has 200 valence electrons. The van der Waals surface area contributed by atoms with E-state index in [-0.39, 0.29) is 35.5 Å². The van der Waals surface area contributed by atoms with Crippen molar-refractivity contribution in [3.63, 3.8) is 0 Å². The van der Waals surface area contributed by atoms with E-state index in [2.05, 4.69) is 5.32 Å². The van der Waals surface area contributed by atoms with Crippen LogP contribution in [-0.2, 0) is 26.0 Å². The summed E-state index contributed by atoms with van der Waals surface area (Å²) >= 11 is 0. The SMILES string of the molecule is COc1ccc(CCNC(=O)C2CCN(c3ccc(S(=O)(=O)N4CCOCC4)cc3[N+](=O)[O-])CC2)cc1. The normalized spacial score (nSPS) is 17.4. The molecule has 0 unspecified atom stereocenters. The number of hydrogen-bond acceptors (Lipinski definition) is 8. The Labute approximate surface area is 216 Å². The van der Waals surface area contributed by atoms with Gasteiger partial charge in [-0.2, -0.15) is 4.31 Å². The average molecular weight is 533 g/mol. The lowest BCUT2D eigenvalue weighted by atomic mass is 9.95. The third kappa shape index (κ3) is 6.38. The van der Waals surface area contributed by atoms with Crippen molar-refractivity contribution in [2.24, 2.45) is 5.92 Å². The molecule has 0 saturated carbocycles. The number of carbonyl (C=O) groups is 1. The van der Waals surface area contributed by atoms with Gasteiger partial charge in [0.15, 0.2) is 0 Å². The lowest BCUT2D eigenvalue weighted by Gasteiger charge is -2.33. The van der Waals surface area contributed by atoms with Gasteiger partial charge in [0.1, 0.15) is 11.4 Å². The zero-order valence-corrected chi connectivity index (χ0v) is 21.6. The molecule has 2 aromatic carbocycles. The molecule has 0 atom stereocenters. The molecule has 2 aliphatic heterocycles. The summed E-state index contributed by atoms with van der Waals surface area (Å²) in [5.41, 5.74) is 1.21. The summed E-state index contributed by atoms with van der Waals surface area (Å²) in [7, 11) is -2.23. The summed E-state index contributed by atoms with van der Waals surface area (Å²) < 4.78 is 37.6. The molecule has 2 saturated heterocycles. The summed E-state index contributed by atoms with van der Waals surface area (Å²) in [6, 6.07) is 11.8. The van der Waals surface area contributed by atoms with E-state index in [4.69, 9.17) is 9.47 Å². The smallest absolute Gasteiger partial charge is 0.293 e. The third-order valence-electron chi connectivity index (χ3n) is 6.83. The molecule has 2 heterocycles. The Morgan fingerprint density at radius 3 is 2.41 bits per heavy atom. The number of methoxy groups -OCH3 is 1. The number of piperidine rings is 1. The van der Waals surface area contributed by atoms with Crippen molar-refractivity contribution in [3.8, 4) is 5.75 Å². The first kappa shape index (κ1) is 26.8. The highest BCUT2D eigenvalue weighted by atomic mass is 32.2. The van der Waals surface area contributed by atoms with Crippen LogP contribution in [0.1, 0.15) is 18.4 Å². The van der Waals surface area contributed by atoms with Crippen molar-refractivity contribution in [1.82, 2.24) is 9.62 Å². The Balaban J connectivity index is 1.34. The largest absolute Gasteiger partial charge is 0.497 e. The van der Waals surface area contributed by atoms with E-state index in [0.717, 1.165) is 17.4 Å². The van der Waals surface area contributed by atoms with Crippen molar-refractivity contribution in [3.05, 3.63) is 58.1 Å². The Hall–Kier alpha value is -3.22. The highest BCUT2D eigenvalue weighted by Crippen LogP contribution is 2.34. The van der Waals surface area contributed by atoms with Crippen LogP contribution < -0.4 is 15.0 Å².